The maximum Gasteiger partial charge on any atom is 0.230 e. The van der Waals surface area contributed by atoms with Gasteiger partial charge in [0.25, 0.3) is 0 Å². The summed E-state index contributed by atoms with van der Waals surface area (Å²) < 4.78 is 15.6. The fourth-order valence-corrected chi connectivity index (χ4v) is 5.21. The van der Waals surface area contributed by atoms with Crippen molar-refractivity contribution in [2.75, 3.05) is 26.2 Å². The van der Waals surface area contributed by atoms with E-state index in [9.17, 15) is 9.18 Å². The molecule has 0 spiro atoms. The van der Waals surface area contributed by atoms with Crippen molar-refractivity contribution in [3.8, 4) is 0 Å². The zero-order chi connectivity index (χ0) is 22.4. The van der Waals surface area contributed by atoms with Crippen LogP contribution in [0.3, 0.4) is 0 Å². The highest BCUT2D eigenvalue weighted by Gasteiger charge is 2.32. The van der Waals surface area contributed by atoms with E-state index in [0.717, 1.165) is 60.4 Å². The predicted octanol–water partition coefficient (Wildman–Crippen LogP) is 3.47. The fraction of sp³-hybridized carbons (Fsp3) is 0.400. The summed E-state index contributed by atoms with van der Waals surface area (Å²) in [5.41, 5.74) is 4.00. The number of fused-ring (bicyclic) bond motifs is 3. The van der Waals surface area contributed by atoms with E-state index in [-0.39, 0.29) is 31.5 Å². The van der Waals surface area contributed by atoms with Gasteiger partial charge < -0.3 is 14.5 Å². The maximum atomic E-state index is 13.3. The normalized spacial score (nSPS) is 18.3. The summed E-state index contributed by atoms with van der Waals surface area (Å²) in [6.45, 7) is 3.32. The summed E-state index contributed by atoms with van der Waals surface area (Å²) in [7, 11) is 0. The molecule has 1 N–H and O–H groups in total. The number of aromatic amines is 1. The Hall–Kier alpha value is -3.26. The number of pyridine rings is 1. The lowest BCUT2D eigenvalue weighted by Crippen LogP contribution is -2.52. The number of hydrogen-bond acceptors (Lipinski definition) is 4. The summed E-state index contributed by atoms with van der Waals surface area (Å²) >= 11 is 0. The van der Waals surface area contributed by atoms with Gasteiger partial charge in [-0.2, -0.15) is 0 Å². The van der Waals surface area contributed by atoms with Gasteiger partial charge in [-0.25, -0.2) is 14.4 Å². The molecule has 0 bridgehead atoms. The van der Waals surface area contributed by atoms with Crippen LogP contribution in [0.15, 0.2) is 48.8 Å². The largest absolute Gasteiger partial charge is 0.346 e. The first-order valence-electron chi connectivity index (χ1n) is 11.7. The number of piperidine rings is 1. The Morgan fingerprint density at radius 3 is 2.67 bits per heavy atom. The lowest BCUT2D eigenvalue weighted by atomic mass is 10.0. The van der Waals surface area contributed by atoms with Crippen LogP contribution in [0, 0.1) is 0 Å². The molecule has 1 amide bonds. The number of rotatable bonds is 5. The van der Waals surface area contributed by atoms with Crippen LogP contribution in [0.2, 0.25) is 0 Å². The molecule has 0 unspecified atom stereocenters. The number of H-pyrrole nitrogens is 1. The zero-order valence-corrected chi connectivity index (χ0v) is 18.5. The number of benzene rings is 1. The van der Waals surface area contributed by atoms with Crippen LogP contribution < -0.4 is 0 Å². The number of amides is 1. The van der Waals surface area contributed by atoms with Gasteiger partial charge in [0.2, 0.25) is 5.91 Å². The molecule has 2 saturated heterocycles. The number of carbonyl (C=O) groups is 1. The molecule has 0 saturated carbocycles. The second-order valence-electron chi connectivity index (χ2n) is 9.20. The molecule has 33 heavy (non-hydrogen) atoms. The van der Waals surface area contributed by atoms with Crippen molar-refractivity contribution in [1.29, 1.82) is 0 Å². The average molecular weight is 447 g/mol. The average Bonchev–Trinajstić information content (AvgIpc) is 3.42. The minimum absolute atomic E-state index is 0.0553. The molecule has 3 aromatic heterocycles. The van der Waals surface area contributed by atoms with Gasteiger partial charge in [-0.3, -0.25) is 9.69 Å². The number of hydrogen-bond donors (Lipinski definition) is 1. The Balaban J connectivity index is 1.29. The van der Waals surface area contributed by atoms with Crippen molar-refractivity contribution in [2.45, 2.75) is 38.0 Å². The maximum absolute atomic E-state index is 13.3. The van der Waals surface area contributed by atoms with Gasteiger partial charge in [-0.05, 0) is 24.5 Å². The molecule has 0 radical (unpaired) electrons. The Kier molecular flexibility index (Phi) is 5.10. The third-order valence-corrected chi connectivity index (χ3v) is 6.98. The first-order valence-corrected chi connectivity index (χ1v) is 11.7. The Morgan fingerprint density at radius 2 is 1.91 bits per heavy atom. The molecule has 8 heteroatoms. The molecule has 0 atom stereocenters. The van der Waals surface area contributed by atoms with Crippen molar-refractivity contribution in [1.82, 2.24) is 29.3 Å². The monoisotopic (exact) mass is 446 g/mol. The van der Waals surface area contributed by atoms with Gasteiger partial charge in [0.15, 0.2) is 0 Å². The van der Waals surface area contributed by atoms with Crippen molar-refractivity contribution in [3.05, 3.63) is 60.2 Å². The number of halogens is 1. The topological polar surface area (TPSA) is 70.0 Å². The van der Waals surface area contributed by atoms with Gasteiger partial charge in [0, 0.05) is 37.3 Å². The van der Waals surface area contributed by atoms with Crippen molar-refractivity contribution >= 4 is 28.0 Å². The third kappa shape index (κ3) is 3.78. The molecule has 2 aliphatic rings. The number of carbonyl (C=O) groups excluding carboxylic acids is 1. The Bertz CT molecular complexity index is 1280. The number of imidazole rings is 1. The number of likely N-dealkylation sites (tertiary alicyclic amines) is 2. The van der Waals surface area contributed by atoms with E-state index in [1.54, 1.807) is 11.1 Å². The molecule has 5 heterocycles. The quantitative estimate of drug-likeness (QED) is 0.510. The van der Waals surface area contributed by atoms with Gasteiger partial charge in [0.1, 0.15) is 23.2 Å². The molecule has 1 aromatic carbocycles. The van der Waals surface area contributed by atoms with Crippen molar-refractivity contribution in [2.24, 2.45) is 0 Å². The molecule has 0 aliphatic carbocycles. The van der Waals surface area contributed by atoms with Gasteiger partial charge >= 0.3 is 0 Å². The first-order chi connectivity index (χ1) is 16.2. The zero-order valence-electron chi connectivity index (χ0n) is 18.5. The molecule has 2 fully saturated rings. The number of nitrogens with one attached hydrogen (secondary N) is 1. The van der Waals surface area contributed by atoms with Gasteiger partial charge in [-0.1, -0.05) is 30.3 Å². The number of nitrogens with zero attached hydrogens (tertiary/aromatic N) is 5. The Morgan fingerprint density at radius 1 is 1.12 bits per heavy atom. The summed E-state index contributed by atoms with van der Waals surface area (Å²) in [4.78, 5) is 29.4. The second-order valence-corrected chi connectivity index (χ2v) is 9.20. The number of aromatic nitrogens is 4. The lowest BCUT2D eigenvalue weighted by molar-refractivity contribution is -0.137. The first kappa shape index (κ1) is 20.4. The molecule has 7 nitrogen and oxygen atoms in total. The Labute approximate surface area is 191 Å². The van der Waals surface area contributed by atoms with E-state index in [1.807, 2.05) is 18.3 Å². The molecular formula is C25H27FN6O. The smallest absolute Gasteiger partial charge is 0.230 e. The summed E-state index contributed by atoms with van der Waals surface area (Å²) in [6.07, 6.45) is 4.95. The molecule has 170 valence electrons. The van der Waals surface area contributed by atoms with Crippen LogP contribution in [0.5, 0.6) is 0 Å². The highest BCUT2D eigenvalue weighted by molar-refractivity contribution is 6.01. The second kappa shape index (κ2) is 8.26. The minimum Gasteiger partial charge on any atom is -0.346 e. The highest BCUT2D eigenvalue weighted by atomic mass is 19.1. The van der Waals surface area contributed by atoms with Crippen LogP contribution in [-0.4, -0.2) is 67.6 Å². The molecule has 4 aromatic rings. The van der Waals surface area contributed by atoms with Crippen LogP contribution in [0.4, 0.5) is 4.39 Å². The summed E-state index contributed by atoms with van der Waals surface area (Å²) in [5, 5.41) is 1.03. The standard InChI is InChI=1S/C25H27FN6O/c26-18-15-31(16-18)23(33)12-22-29-21-13-28-25-20(6-9-27-25)24(21)32(22)19-7-10-30(11-8-19)14-17-4-2-1-3-5-17/h1-6,9,13,18-19H,7-8,10-12,14-16H2,(H,27,28). The molecule has 2 aliphatic heterocycles. The van der Waals surface area contributed by atoms with Gasteiger partial charge in [-0.15, -0.1) is 0 Å². The van der Waals surface area contributed by atoms with Crippen LogP contribution in [0.25, 0.3) is 22.1 Å². The van der Waals surface area contributed by atoms with E-state index in [0.29, 0.717) is 0 Å². The third-order valence-electron chi connectivity index (χ3n) is 6.98. The van der Waals surface area contributed by atoms with Crippen LogP contribution in [0.1, 0.15) is 30.3 Å². The van der Waals surface area contributed by atoms with Crippen molar-refractivity contribution in [3.63, 3.8) is 0 Å². The van der Waals surface area contributed by atoms with E-state index in [4.69, 9.17) is 4.98 Å². The molecular weight excluding hydrogens is 419 g/mol. The highest BCUT2D eigenvalue weighted by Crippen LogP contribution is 2.33. The molecule has 6 rings (SSSR count). The van der Waals surface area contributed by atoms with E-state index >= 15 is 0 Å². The number of alkyl halides is 1. The van der Waals surface area contributed by atoms with Gasteiger partial charge in [0.05, 0.1) is 31.2 Å². The van der Waals surface area contributed by atoms with E-state index < -0.39 is 6.17 Å². The summed E-state index contributed by atoms with van der Waals surface area (Å²) in [6, 6.07) is 12.9. The van der Waals surface area contributed by atoms with E-state index in [2.05, 4.69) is 43.7 Å². The fourth-order valence-electron chi connectivity index (χ4n) is 5.21. The lowest BCUT2D eigenvalue weighted by Gasteiger charge is -2.35. The van der Waals surface area contributed by atoms with Crippen LogP contribution in [-0.2, 0) is 17.8 Å². The van der Waals surface area contributed by atoms with Crippen molar-refractivity contribution < 1.29 is 9.18 Å². The van der Waals surface area contributed by atoms with E-state index in [1.165, 1.54) is 5.56 Å². The predicted molar refractivity (Wildman–Crippen MR) is 125 cm³/mol. The summed E-state index contributed by atoms with van der Waals surface area (Å²) in [5.74, 6) is 0.703. The van der Waals surface area contributed by atoms with Crippen LogP contribution >= 0.6 is 0 Å². The SMILES string of the molecule is O=C(Cc1nc2cnc3[nH]ccc3c2n1C1CCN(Cc2ccccc2)CC1)N1CC(F)C1. The minimum atomic E-state index is -0.898.